The zero-order chi connectivity index (χ0) is 24.0. The molecule has 0 atom stereocenters. The van der Waals surface area contributed by atoms with Crippen LogP contribution in [0.25, 0.3) is 6.08 Å². The van der Waals surface area contributed by atoms with Gasteiger partial charge in [0.15, 0.2) is 0 Å². The Morgan fingerprint density at radius 3 is 2.39 bits per heavy atom. The lowest BCUT2D eigenvalue weighted by Gasteiger charge is -2.06. The van der Waals surface area contributed by atoms with Crippen molar-refractivity contribution in [2.24, 2.45) is 0 Å². The Morgan fingerprint density at radius 2 is 1.76 bits per heavy atom. The first-order valence-electron chi connectivity index (χ1n) is 9.21. The Kier molecular flexibility index (Phi) is 7.41. The highest BCUT2D eigenvalue weighted by Crippen LogP contribution is 2.24. The first kappa shape index (κ1) is 23.5. The van der Waals surface area contributed by atoms with Crippen molar-refractivity contribution in [3.05, 3.63) is 104 Å². The second-order valence-electron chi connectivity index (χ2n) is 6.52. The third-order valence-electron chi connectivity index (χ3n) is 4.24. The molecule has 0 aromatic heterocycles. The summed E-state index contributed by atoms with van der Waals surface area (Å²) in [6.07, 6.45) is 1.33. The van der Waals surface area contributed by atoms with E-state index in [1.807, 2.05) is 0 Å². The van der Waals surface area contributed by atoms with Gasteiger partial charge in [0.05, 0.1) is 20.5 Å². The first-order valence-corrected chi connectivity index (χ1v) is 9.97. The first-order chi connectivity index (χ1) is 15.8. The third-order valence-corrected chi connectivity index (χ3v) is 4.98. The van der Waals surface area contributed by atoms with Crippen molar-refractivity contribution in [1.29, 1.82) is 5.26 Å². The number of nitrogens with one attached hydrogen (secondary N) is 1. The van der Waals surface area contributed by atoms with Crippen molar-refractivity contribution in [3.8, 4) is 11.8 Å². The van der Waals surface area contributed by atoms with Crippen LogP contribution in [0, 0.1) is 21.4 Å². The van der Waals surface area contributed by atoms with Gasteiger partial charge in [0.25, 0.3) is 11.6 Å². The molecule has 3 rings (SSSR count). The van der Waals surface area contributed by atoms with E-state index < -0.39 is 16.8 Å². The minimum atomic E-state index is -0.729. The average molecular weight is 482 g/mol. The van der Waals surface area contributed by atoms with Gasteiger partial charge in [0.1, 0.15) is 17.4 Å². The topological polar surface area (TPSA) is 122 Å². The average Bonchev–Trinajstić information content (AvgIpc) is 2.80. The summed E-state index contributed by atoms with van der Waals surface area (Å²) in [5.41, 5.74) is 0.483. The highest BCUT2D eigenvalue weighted by Gasteiger charge is 2.13. The van der Waals surface area contributed by atoms with Crippen molar-refractivity contribution >= 4 is 52.5 Å². The normalized spacial score (nSPS) is 10.8. The molecule has 0 aliphatic carbocycles. The van der Waals surface area contributed by atoms with Gasteiger partial charge in [-0.15, -0.1) is 0 Å². The molecule has 0 spiro atoms. The fraction of sp³-hybridized carbons (Fsp3) is 0. The number of hydrogen-bond acceptors (Lipinski definition) is 6. The monoisotopic (exact) mass is 481 g/mol. The summed E-state index contributed by atoms with van der Waals surface area (Å²) in [6.45, 7) is 0. The molecule has 1 N–H and O–H groups in total. The van der Waals surface area contributed by atoms with Crippen LogP contribution in [-0.4, -0.2) is 16.8 Å². The van der Waals surface area contributed by atoms with Crippen molar-refractivity contribution in [2.45, 2.75) is 0 Å². The molecule has 0 saturated heterocycles. The van der Waals surface area contributed by atoms with Gasteiger partial charge in [-0.1, -0.05) is 41.4 Å². The number of carbonyl (C=O) groups excluding carboxylic acids is 2. The zero-order valence-corrected chi connectivity index (χ0v) is 18.1. The summed E-state index contributed by atoms with van der Waals surface area (Å²) in [4.78, 5) is 34.9. The number of carbonyl (C=O) groups is 2. The Morgan fingerprint density at radius 1 is 1.03 bits per heavy atom. The quantitative estimate of drug-likeness (QED) is 0.121. The Balaban J connectivity index is 1.70. The summed E-state index contributed by atoms with van der Waals surface area (Å²) in [6, 6.07) is 17.6. The number of nitro benzene ring substituents is 1. The van der Waals surface area contributed by atoms with Crippen LogP contribution in [-0.2, 0) is 4.79 Å². The Bertz CT molecular complexity index is 1310. The number of hydrogen-bond donors (Lipinski definition) is 1. The predicted molar refractivity (Wildman–Crippen MR) is 123 cm³/mol. The summed E-state index contributed by atoms with van der Waals surface area (Å²) in [5.74, 6) is -1.12. The lowest BCUT2D eigenvalue weighted by atomic mass is 10.1. The van der Waals surface area contributed by atoms with Crippen LogP contribution in [0.2, 0.25) is 10.0 Å². The van der Waals surface area contributed by atoms with Crippen molar-refractivity contribution < 1.29 is 19.2 Å². The van der Waals surface area contributed by atoms with Crippen LogP contribution in [0.1, 0.15) is 15.9 Å². The highest BCUT2D eigenvalue weighted by molar-refractivity contribution is 6.42. The van der Waals surface area contributed by atoms with E-state index in [2.05, 4.69) is 5.32 Å². The van der Waals surface area contributed by atoms with Gasteiger partial charge >= 0.3 is 5.97 Å². The van der Waals surface area contributed by atoms with Crippen molar-refractivity contribution in [1.82, 2.24) is 0 Å². The van der Waals surface area contributed by atoms with Gasteiger partial charge < -0.3 is 10.1 Å². The summed E-state index contributed by atoms with van der Waals surface area (Å²) < 4.78 is 5.28. The van der Waals surface area contributed by atoms with E-state index >= 15 is 0 Å². The molecule has 164 valence electrons. The lowest BCUT2D eigenvalue weighted by molar-refractivity contribution is -0.384. The van der Waals surface area contributed by atoms with Gasteiger partial charge in [0, 0.05) is 17.8 Å². The summed E-state index contributed by atoms with van der Waals surface area (Å²) in [7, 11) is 0. The van der Waals surface area contributed by atoms with Crippen LogP contribution in [0.4, 0.5) is 11.4 Å². The van der Waals surface area contributed by atoms with Crippen LogP contribution >= 0.6 is 23.2 Å². The Hall–Kier alpha value is -4.19. The van der Waals surface area contributed by atoms with Crippen LogP contribution in [0.3, 0.4) is 0 Å². The number of benzene rings is 3. The number of non-ortho nitro benzene ring substituents is 1. The minimum Gasteiger partial charge on any atom is -0.423 e. The molecule has 0 saturated carbocycles. The Labute approximate surface area is 197 Å². The van der Waals surface area contributed by atoms with Gasteiger partial charge in [-0.25, -0.2) is 4.79 Å². The zero-order valence-electron chi connectivity index (χ0n) is 16.6. The molecule has 8 nitrogen and oxygen atoms in total. The van der Waals surface area contributed by atoms with Crippen LogP contribution in [0.5, 0.6) is 5.75 Å². The molecule has 0 radical (unpaired) electrons. The molecular formula is C23H13Cl2N3O5. The van der Waals surface area contributed by atoms with Crippen LogP contribution < -0.4 is 10.1 Å². The second-order valence-corrected chi connectivity index (χ2v) is 7.33. The van der Waals surface area contributed by atoms with E-state index in [1.54, 1.807) is 18.2 Å². The predicted octanol–water partition coefficient (Wildman–Crippen LogP) is 5.67. The molecule has 0 aliphatic heterocycles. The molecule has 0 heterocycles. The molecular weight excluding hydrogens is 469 g/mol. The van der Waals surface area contributed by atoms with E-state index in [9.17, 15) is 25.0 Å². The van der Waals surface area contributed by atoms with E-state index in [0.717, 1.165) is 0 Å². The van der Waals surface area contributed by atoms with E-state index in [0.29, 0.717) is 10.6 Å². The highest BCUT2D eigenvalue weighted by atomic mass is 35.5. The largest absolute Gasteiger partial charge is 0.423 e. The number of ether oxygens (including phenoxy) is 1. The van der Waals surface area contributed by atoms with Crippen LogP contribution in [0.15, 0.2) is 72.3 Å². The SMILES string of the molecule is N#C/C(=C\c1ccc(OC(=O)c2ccc(Cl)c(Cl)c2)cc1)C(=O)Nc1cccc([N+](=O)[O-])c1. The molecule has 1 amide bonds. The lowest BCUT2D eigenvalue weighted by Crippen LogP contribution is -2.13. The van der Waals surface area contributed by atoms with Crippen molar-refractivity contribution in [2.75, 3.05) is 5.32 Å². The smallest absolute Gasteiger partial charge is 0.343 e. The maximum Gasteiger partial charge on any atom is 0.343 e. The number of nitriles is 1. The summed E-state index contributed by atoms with van der Waals surface area (Å²) >= 11 is 11.7. The van der Waals surface area contributed by atoms with Gasteiger partial charge in [-0.05, 0) is 48.0 Å². The van der Waals surface area contributed by atoms with E-state index in [4.69, 9.17) is 27.9 Å². The van der Waals surface area contributed by atoms with Gasteiger partial charge in [0.2, 0.25) is 0 Å². The standard InChI is InChI=1S/C23H13Cl2N3O5/c24-20-9-6-15(11-21(20)25)23(30)33-19-7-4-14(5-8-19)10-16(13-26)22(29)27-17-2-1-3-18(12-17)28(31)32/h1-12H,(H,27,29)/b16-10+. The molecule has 0 unspecified atom stereocenters. The number of rotatable bonds is 6. The van der Waals surface area contributed by atoms with Gasteiger partial charge in [-0.3, -0.25) is 14.9 Å². The molecule has 0 bridgehead atoms. The molecule has 10 heteroatoms. The molecule has 0 fully saturated rings. The maximum atomic E-state index is 12.4. The molecule has 3 aromatic rings. The molecule has 33 heavy (non-hydrogen) atoms. The van der Waals surface area contributed by atoms with E-state index in [1.165, 1.54) is 60.7 Å². The van der Waals surface area contributed by atoms with Gasteiger partial charge in [-0.2, -0.15) is 5.26 Å². The maximum absolute atomic E-state index is 12.4. The number of nitro groups is 1. The number of esters is 1. The number of halogens is 2. The minimum absolute atomic E-state index is 0.180. The fourth-order valence-corrected chi connectivity index (χ4v) is 2.93. The van der Waals surface area contributed by atoms with Crippen molar-refractivity contribution in [3.63, 3.8) is 0 Å². The summed E-state index contributed by atoms with van der Waals surface area (Å²) in [5, 5.41) is 23.2. The number of amides is 1. The molecule has 3 aromatic carbocycles. The number of nitrogens with zero attached hydrogens (tertiary/aromatic N) is 2. The number of anilines is 1. The van der Waals surface area contributed by atoms with E-state index in [-0.39, 0.29) is 33.3 Å². The second kappa shape index (κ2) is 10.4. The fourth-order valence-electron chi connectivity index (χ4n) is 2.63. The third kappa shape index (κ3) is 6.17. The molecule has 0 aliphatic rings.